The number of fused-ring (bicyclic) bond motifs is 1. The fourth-order valence-corrected chi connectivity index (χ4v) is 5.61. The van der Waals surface area contributed by atoms with Crippen molar-refractivity contribution in [3.05, 3.63) is 63.0 Å². The van der Waals surface area contributed by atoms with Gasteiger partial charge in [0, 0.05) is 18.7 Å². The second-order valence-corrected chi connectivity index (χ2v) is 9.89. The molecule has 2 amide bonds. The van der Waals surface area contributed by atoms with Crippen molar-refractivity contribution in [1.82, 2.24) is 4.90 Å². The third-order valence-corrected chi connectivity index (χ3v) is 7.64. The molecule has 2 saturated heterocycles. The molecule has 2 fully saturated rings. The standard InChI is InChI=1S/C22H17Cl2N3O3S2/c23-15-6-5-13(11-16(15)24)27-21(29)19(32-22(27)31)18-14-3-1-2-4-17(14)26(20(18)28)12-25-7-9-30-10-8-25/h1-6,11H,7-10,12H2. The van der Waals surface area contributed by atoms with Crippen LogP contribution in [0.1, 0.15) is 5.56 Å². The summed E-state index contributed by atoms with van der Waals surface area (Å²) in [4.78, 5) is 32.6. The number of hydrogen-bond donors (Lipinski definition) is 0. The predicted molar refractivity (Wildman–Crippen MR) is 132 cm³/mol. The number of halogens is 2. The number of amides is 2. The third kappa shape index (κ3) is 3.75. The van der Waals surface area contributed by atoms with Crippen LogP contribution in [0.15, 0.2) is 47.4 Å². The van der Waals surface area contributed by atoms with E-state index in [1.54, 1.807) is 23.1 Å². The van der Waals surface area contributed by atoms with Gasteiger partial charge in [0.1, 0.15) is 0 Å². The minimum Gasteiger partial charge on any atom is -0.379 e. The number of carbonyl (C=O) groups excluding carboxylic acids is 2. The maximum absolute atomic E-state index is 13.6. The molecule has 5 rings (SSSR count). The minimum atomic E-state index is -0.343. The molecule has 3 aliphatic heterocycles. The van der Waals surface area contributed by atoms with Crippen molar-refractivity contribution < 1.29 is 14.3 Å². The minimum absolute atomic E-state index is 0.202. The SMILES string of the molecule is O=C1C(=C2SC(=S)N(c3ccc(Cl)c(Cl)c3)C2=O)c2ccccc2N1CN1CCOCC1. The summed E-state index contributed by atoms with van der Waals surface area (Å²) in [6.45, 7) is 3.22. The lowest BCUT2D eigenvalue weighted by Gasteiger charge is -2.30. The van der Waals surface area contributed by atoms with Crippen LogP contribution in [0, 0.1) is 0 Å². The van der Waals surface area contributed by atoms with E-state index in [1.807, 2.05) is 24.3 Å². The van der Waals surface area contributed by atoms with Gasteiger partial charge in [-0.25, -0.2) is 0 Å². The van der Waals surface area contributed by atoms with Crippen LogP contribution in [0.5, 0.6) is 0 Å². The lowest BCUT2D eigenvalue weighted by atomic mass is 10.1. The number of carbonyl (C=O) groups is 2. The third-order valence-electron chi connectivity index (χ3n) is 5.53. The first-order valence-corrected chi connectivity index (χ1v) is 11.9. The van der Waals surface area contributed by atoms with Gasteiger partial charge in [-0.15, -0.1) is 0 Å². The van der Waals surface area contributed by atoms with Crippen molar-refractivity contribution in [2.24, 2.45) is 0 Å². The number of anilines is 2. The van der Waals surface area contributed by atoms with Crippen molar-refractivity contribution >= 4 is 80.3 Å². The summed E-state index contributed by atoms with van der Waals surface area (Å²) >= 11 is 18.8. The molecule has 10 heteroatoms. The Labute approximate surface area is 204 Å². The summed E-state index contributed by atoms with van der Waals surface area (Å²) in [5, 5.41) is 0.711. The van der Waals surface area contributed by atoms with E-state index in [4.69, 9.17) is 40.2 Å². The maximum Gasteiger partial charge on any atom is 0.271 e. The molecular weight excluding hydrogens is 489 g/mol. The van der Waals surface area contributed by atoms with Gasteiger partial charge < -0.3 is 4.74 Å². The Morgan fingerprint density at radius 2 is 1.75 bits per heavy atom. The number of hydrogen-bond acceptors (Lipinski definition) is 6. The second-order valence-electron chi connectivity index (χ2n) is 7.43. The molecule has 3 heterocycles. The van der Waals surface area contributed by atoms with Gasteiger partial charge in [0.15, 0.2) is 4.32 Å². The molecule has 0 N–H and O–H groups in total. The van der Waals surface area contributed by atoms with E-state index in [-0.39, 0.29) is 11.8 Å². The number of nitrogens with zero attached hydrogens (tertiary/aromatic N) is 3. The Morgan fingerprint density at radius 1 is 1.00 bits per heavy atom. The zero-order valence-corrected chi connectivity index (χ0v) is 19.9. The van der Waals surface area contributed by atoms with Crippen LogP contribution in [0.4, 0.5) is 11.4 Å². The molecule has 0 aromatic heterocycles. The van der Waals surface area contributed by atoms with E-state index >= 15 is 0 Å². The quantitative estimate of drug-likeness (QED) is 0.455. The first-order valence-electron chi connectivity index (χ1n) is 9.92. The Morgan fingerprint density at radius 3 is 2.50 bits per heavy atom. The first kappa shape index (κ1) is 21.9. The van der Waals surface area contributed by atoms with Crippen LogP contribution in [0.25, 0.3) is 5.57 Å². The number of rotatable bonds is 3. The predicted octanol–water partition coefficient (Wildman–Crippen LogP) is 4.41. The molecule has 32 heavy (non-hydrogen) atoms. The van der Waals surface area contributed by atoms with Crippen molar-refractivity contribution in [2.45, 2.75) is 0 Å². The molecule has 6 nitrogen and oxygen atoms in total. The highest BCUT2D eigenvalue weighted by Gasteiger charge is 2.43. The number of thioether (sulfide) groups is 1. The fourth-order valence-electron chi connectivity index (χ4n) is 3.95. The van der Waals surface area contributed by atoms with E-state index in [2.05, 4.69) is 4.90 Å². The van der Waals surface area contributed by atoms with Crippen LogP contribution < -0.4 is 9.80 Å². The topological polar surface area (TPSA) is 53.1 Å². The molecule has 0 saturated carbocycles. The van der Waals surface area contributed by atoms with Crippen LogP contribution in [-0.2, 0) is 14.3 Å². The average molecular weight is 506 g/mol. The first-order chi connectivity index (χ1) is 15.5. The van der Waals surface area contributed by atoms with E-state index in [0.29, 0.717) is 50.4 Å². The zero-order chi connectivity index (χ0) is 22.4. The number of ether oxygens (including phenoxy) is 1. The Kier molecular flexibility index (Phi) is 6.00. The monoisotopic (exact) mass is 505 g/mol. The highest BCUT2D eigenvalue weighted by molar-refractivity contribution is 8.27. The summed E-state index contributed by atoms with van der Waals surface area (Å²) in [6.07, 6.45) is 0. The van der Waals surface area contributed by atoms with Gasteiger partial charge in [-0.05, 0) is 24.3 Å². The maximum atomic E-state index is 13.6. The van der Waals surface area contributed by atoms with Crippen LogP contribution >= 0.6 is 47.2 Å². The molecule has 3 aliphatic rings. The van der Waals surface area contributed by atoms with Gasteiger partial charge in [0.25, 0.3) is 11.8 Å². The van der Waals surface area contributed by atoms with E-state index in [9.17, 15) is 9.59 Å². The summed E-state index contributed by atoms with van der Waals surface area (Å²) in [5.74, 6) is -0.544. The molecule has 0 atom stereocenters. The molecular formula is C22H17Cl2N3O3S2. The Bertz CT molecular complexity index is 1180. The molecule has 0 radical (unpaired) electrons. The number of para-hydroxylation sites is 1. The van der Waals surface area contributed by atoms with Crippen molar-refractivity contribution in [2.75, 3.05) is 42.8 Å². The molecule has 2 aromatic rings. The number of benzene rings is 2. The van der Waals surface area contributed by atoms with E-state index in [1.165, 1.54) is 4.90 Å². The lowest BCUT2D eigenvalue weighted by molar-refractivity contribution is -0.115. The van der Waals surface area contributed by atoms with Crippen LogP contribution in [-0.4, -0.2) is 54.0 Å². The number of morpholine rings is 1. The van der Waals surface area contributed by atoms with Gasteiger partial charge in [-0.1, -0.05) is 65.4 Å². The van der Waals surface area contributed by atoms with Crippen molar-refractivity contribution in [1.29, 1.82) is 0 Å². The highest BCUT2D eigenvalue weighted by atomic mass is 35.5. The van der Waals surface area contributed by atoms with Crippen molar-refractivity contribution in [3.63, 3.8) is 0 Å². The fraction of sp³-hybridized carbons (Fsp3) is 0.227. The van der Waals surface area contributed by atoms with Gasteiger partial charge in [-0.2, -0.15) is 0 Å². The summed E-state index contributed by atoms with van der Waals surface area (Å²) in [7, 11) is 0. The zero-order valence-electron chi connectivity index (χ0n) is 16.7. The Balaban J connectivity index is 1.53. The van der Waals surface area contributed by atoms with Crippen LogP contribution in [0.2, 0.25) is 10.0 Å². The summed E-state index contributed by atoms with van der Waals surface area (Å²) in [5.41, 5.74) is 2.43. The lowest BCUT2D eigenvalue weighted by Crippen LogP contribution is -2.45. The van der Waals surface area contributed by atoms with Gasteiger partial charge >= 0.3 is 0 Å². The van der Waals surface area contributed by atoms with Crippen molar-refractivity contribution in [3.8, 4) is 0 Å². The Hall–Kier alpha value is -1.94. The summed E-state index contributed by atoms with van der Waals surface area (Å²) < 4.78 is 5.76. The smallest absolute Gasteiger partial charge is 0.271 e. The van der Waals surface area contributed by atoms with Gasteiger partial charge in [0.05, 0.1) is 51.8 Å². The normalized spacial score (nSPS) is 21.6. The second kappa shape index (κ2) is 8.78. The molecule has 164 valence electrons. The van der Waals surface area contributed by atoms with E-state index in [0.717, 1.165) is 36.1 Å². The molecule has 2 aromatic carbocycles. The van der Waals surface area contributed by atoms with E-state index < -0.39 is 0 Å². The molecule has 0 unspecified atom stereocenters. The van der Waals surface area contributed by atoms with Gasteiger partial charge in [-0.3, -0.25) is 24.3 Å². The number of thiocarbonyl (C=S) groups is 1. The molecule has 0 bridgehead atoms. The summed E-state index contributed by atoms with van der Waals surface area (Å²) in [6, 6.07) is 12.4. The molecule has 0 aliphatic carbocycles. The highest BCUT2D eigenvalue weighted by Crippen LogP contribution is 2.46. The van der Waals surface area contributed by atoms with Crippen LogP contribution in [0.3, 0.4) is 0 Å². The van der Waals surface area contributed by atoms with Gasteiger partial charge in [0.2, 0.25) is 0 Å². The molecule has 0 spiro atoms. The largest absolute Gasteiger partial charge is 0.379 e. The average Bonchev–Trinajstić information content (AvgIpc) is 3.23.